The quantitative estimate of drug-likeness (QED) is 0.101. The topological polar surface area (TPSA) is 71.4 Å². The first-order chi connectivity index (χ1) is 20.2. The number of rotatable bonds is 11. The van der Waals surface area contributed by atoms with Crippen molar-refractivity contribution in [2.75, 3.05) is 6.66 Å². The van der Waals surface area contributed by atoms with E-state index in [4.69, 9.17) is 4.89 Å². The minimum absolute atomic E-state index is 0.0601. The molecule has 0 bridgehead atoms. The number of Topliss-reactive ketones (excluding diaryl/α,β-unsaturated/α-hetero) is 1. The molecule has 1 N–H and O–H groups in total. The summed E-state index contributed by atoms with van der Waals surface area (Å²) < 4.78 is 110. The molecule has 3 unspecified atom stereocenters. The van der Waals surface area contributed by atoms with Crippen LogP contribution in [-0.2, 0) is 38.7 Å². The summed E-state index contributed by atoms with van der Waals surface area (Å²) in [6, 6.07) is 21.4. The van der Waals surface area contributed by atoms with Crippen molar-refractivity contribution in [2.24, 2.45) is 0 Å². The Morgan fingerprint density at radius 2 is 1.14 bits per heavy atom. The average Bonchev–Trinajstić information content (AvgIpc) is 2.97. The lowest BCUT2D eigenvalue weighted by molar-refractivity contribution is 0.0771. The Balaban J connectivity index is 1.91. The van der Waals surface area contributed by atoms with E-state index in [9.17, 15) is 35.9 Å². The van der Waals surface area contributed by atoms with Crippen LogP contribution in [0.2, 0.25) is 0 Å². The van der Waals surface area contributed by atoms with E-state index in [1.54, 1.807) is 48.5 Å². The van der Waals surface area contributed by atoms with Gasteiger partial charge < -0.3 is 0 Å². The van der Waals surface area contributed by atoms with Crippen LogP contribution in [0, 0.1) is 11.6 Å². The molecule has 3 atom stereocenters. The highest BCUT2D eigenvalue weighted by Gasteiger charge is 2.55. The number of halogens is 6. The van der Waals surface area contributed by atoms with Crippen LogP contribution in [0.3, 0.4) is 0 Å². The minimum atomic E-state index is -4.36. The normalized spacial score (nSPS) is 14.1. The van der Waals surface area contributed by atoms with E-state index in [1.165, 1.54) is 18.2 Å². The lowest BCUT2D eigenvalue weighted by Crippen LogP contribution is -2.41. The monoisotopic (exact) mass is 636 g/mol. The molecular weight excluding hydrogens is 612 g/mol. The molecule has 0 aromatic heterocycles. The van der Waals surface area contributed by atoms with E-state index in [2.05, 4.69) is 0 Å². The Labute approximate surface area is 245 Å². The first kappa shape index (κ1) is 32.2. The van der Waals surface area contributed by atoms with E-state index in [-0.39, 0.29) is 29.5 Å². The molecule has 0 amide bonds. The van der Waals surface area contributed by atoms with Crippen LogP contribution in [0.1, 0.15) is 38.2 Å². The van der Waals surface area contributed by atoms with Gasteiger partial charge in [0.25, 0.3) is 0 Å². The van der Waals surface area contributed by atoms with Gasteiger partial charge in [-0.15, -0.1) is 8.78 Å². The van der Waals surface area contributed by atoms with Crippen molar-refractivity contribution in [1.29, 1.82) is 0 Å². The highest BCUT2D eigenvalue weighted by Crippen LogP contribution is 2.50. The van der Waals surface area contributed by atoms with Crippen LogP contribution in [0.4, 0.5) is 26.3 Å². The largest absolute Gasteiger partial charge is 0.589 e. The van der Waals surface area contributed by atoms with Crippen molar-refractivity contribution < 1.29 is 45.2 Å². The first-order valence-electron chi connectivity index (χ1n) is 12.8. The van der Waals surface area contributed by atoms with Crippen LogP contribution in [0.15, 0.2) is 97.1 Å². The fourth-order valence-corrected chi connectivity index (χ4v) is 5.88. The fourth-order valence-electron chi connectivity index (χ4n) is 4.98. The third-order valence-corrected chi connectivity index (χ3v) is 8.91. The second kappa shape index (κ2) is 12.5. The molecule has 0 aliphatic heterocycles. The van der Waals surface area contributed by atoms with E-state index >= 15 is 4.39 Å². The van der Waals surface area contributed by atoms with Crippen molar-refractivity contribution in [3.8, 4) is 0 Å². The molecule has 0 aliphatic rings. The first-order valence-corrected chi connectivity index (χ1v) is 15.7. The van der Waals surface area contributed by atoms with Crippen molar-refractivity contribution in [3.05, 3.63) is 142 Å². The number of hydrogen-bond acceptors (Lipinski definition) is 3. The Morgan fingerprint density at radius 1 is 0.698 bits per heavy atom. The Hall–Kier alpha value is -3.71. The van der Waals surface area contributed by atoms with Gasteiger partial charge in [0.2, 0.25) is 0 Å². The number of carbonyl (C=O) groups excluding carboxylic acids is 1. The maximum Gasteiger partial charge on any atom is 0.589 e. The molecule has 0 spiro atoms. The molecule has 12 heteroatoms. The zero-order chi connectivity index (χ0) is 31.6. The standard InChI is InChI=1S/C31H23F6O4P2/c1-42(39)30(34,35)24-14-12-20(16-26(24)32)18-29(23-10-6-3-7-11-23,28(38)22-8-4-2-5-9-22)19-21-13-15-25(27(33)17-21)31(36,37)43(40)41/h2-17H,18-19H2,1H3/q+1/p+1. The van der Waals surface area contributed by atoms with Gasteiger partial charge >= 0.3 is 27.2 Å². The number of benzene rings is 4. The second-order valence-corrected chi connectivity index (χ2v) is 12.6. The summed E-state index contributed by atoms with van der Waals surface area (Å²) in [4.78, 5) is 23.3. The zero-order valence-electron chi connectivity index (χ0n) is 22.5. The van der Waals surface area contributed by atoms with Crippen molar-refractivity contribution in [2.45, 2.75) is 29.6 Å². The highest BCUT2D eigenvalue weighted by molar-refractivity contribution is 7.44. The summed E-state index contributed by atoms with van der Waals surface area (Å²) in [6.45, 7) is 0.778. The molecule has 0 aliphatic carbocycles. The van der Waals surface area contributed by atoms with Crippen molar-refractivity contribution >= 4 is 21.6 Å². The maximum atomic E-state index is 15.1. The van der Waals surface area contributed by atoms with Crippen LogP contribution < -0.4 is 0 Å². The van der Waals surface area contributed by atoms with Gasteiger partial charge in [-0.3, -0.25) is 4.79 Å². The van der Waals surface area contributed by atoms with Gasteiger partial charge in [-0.05, 0) is 58.4 Å². The lowest BCUT2D eigenvalue weighted by Gasteiger charge is -2.34. The van der Waals surface area contributed by atoms with E-state index in [0.29, 0.717) is 11.6 Å². The summed E-state index contributed by atoms with van der Waals surface area (Å²) in [5.41, 5.74) is -11.5. The Bertz CT molecular complexity index is 1600. The van der Waals surface area contributed by atoms with Crippen molar-refractivity contribution in [1.82, 2.24) is 0 Å². The molecular formula is C31H24F6O4P2+2. The van der Waals surface area contributed by atoms with Gasteiger partial charge in [0, 0.05) is 5.56 Å². The van der Waals surface area contributed by atoms with Crippen LogP contribution in [0.5, 0.6) is 0 Å². The van der Waals surface area contributed by atoms with Crippen LogP contribution >= 0.6 is 15.8 Å². The predicted octanol–water partition coefficient (Wildman–Crippen LogP) is 8.86. The molecule has 0 heterocycles. The number of carbonyl (C=O) groups is 1. The molecule has 4 nitrogen and oxygen atoms in total. The summed E-state index contributed by atoms with van der Waals surface area (Å²) in [5, 5.41) is 0. The fraction of sp³-hybridized carbons (Fsp3) is 0.194. The number of hydrogen-bond donors (Lipinski definition) is 1. The molecule has 0 saturated carbocycles. The molecule has 4 aromatic carbocycles. The van der Waals surface area contributed by atoms with Gasteiger partial charge in [0.1, 0.15) is 29.4 Å². The van der Waals surface area contributed by atoms with Gasteiger partial charge in [0.05, 0.1) is 5.41 Å². The zero-order valence-corrected chi connectivity index (χ0v) is 24.3. The maximum absolute atomic E-state index is 15.1. The second-order valence-electron chi connectivity index (χ2n) is 9.98. The van der Waals surface area contributed by atoms with E-state index < -0.39 is 61.1 Å². The smallest absolute Gasteiger partial charge is 0.293 e. The molecule has 0 saturated heterocycles. The summed E-state index contributed by atoms with van der Waals surface area (Å²) in [5.74, 6) is -3.31. The van der Waals surface area contributed by atoms with Gasteiger partial charge in [0.15, 0.2) is 5.78 Å². The molecule has 222 valence electrons. The molecule has 0 radical (unpaired) electrons. The number of ketones is 1. The third-order valence-electron chi connectivity index (χ3n) is 7.16. The molecule has 4 rings (SSSR count). The van der Waals surface area contributed by atoms with Gasteiger partial charge in [-0.25, -0.2) is 8.78 Å². The predicted molar refractivity (Wildman–Crippen MR) is 150 cm³/mol. The molecule has 4 aromatic rings. The van der Waals surface area contributed by atoms with E-state index in [1.807, 2.05) is 0 Å². The summed E-state index contributed by atoms with van der Waals surface area (Å²) >= 11 is 0. The molecule has 43 heavy (non-hydrogen) atoms. The summed E-state index contributed by atoms with van der Waals surface area (Å²) in [7, 11) is -7.19. The SMILES string of the molecule is C[P+](=O)C(F)(F)c1ccc(CC(Cc2ccc(C(F)(F)[P+](=O)O)c(F)c2)(C(=O)c2ccccc2)c2ccccc2)cc1F. The minimum Gasteiger partial charge on any atom is -0.293 e. The number of alkyl halides is 4. The van der Waals surface area contributed by atoms with Crippen LogP contribution in [0.25, 0.3) is 0 Å². The highest BCUT2D eigenvalue weighted by atomic mass is 31.1. The third kappa shape index (κ3) is 6.47. The summed E-state index contributed by atoms with van der Waals surface area (Å²) in [6.07, 6.45) is -0.590. The Kier molecular flexibility index (Phi) is 9.36. The lowest BCUT2D eigenvalue weighted by atomic mass is 9.67. The average molecular weight is 636 g/mol. The van der Waals surface area contributed by atoms with Gasteiger partial charge in [-0.1, -0.05) is 77.4 Å². The van der Waals surface area contributed by atoms with Crippen LogP contribution in [-0.4, -0.2) is 17.3 Å². The molecule has 0 fully saturated rings. The Morgan fingerprint density at radius 3 is 1.56 bits per heavy atom. The van der Waals surface area contributed by atoms with E-state index in [0.717, 1.165) is 30.9 Å². The van der Waals surface area contributed by atoms with Crippen molar-refractivity contribution in [3.63, 3.8) is 0 Å². The van der Waals surface area contributed by atoms with Gasteiger partial charge in [-0.2, -0.15) is 13.7 Å².